The second-order valence-electron chi connectivity index (χ2n) is 4.54. The molecule has 0 aliphatic carbocycles. The minimum atomic E-state index is -1.09. The number of hydrogen-bond acceptors (Lipinski definition) is 4. The van der Waals surface area contributed by atoms with Gasteiger partial charge in [0.25, 0.3) is 0 Å². The van der Waals surface area contributed by atoms with Gasteiger partial charge in [0.2, 0.25) is 5.91 Å². The Hall–Kier alpha value is -1.92. The molecule has 1 aromatic rings. The third-order valence-corrected chi connectivity index (χ3v) is 2.56. The Morgan fingerprint density at radius 3 is 2.44 bits per heavy atom. The van der Waals surface area contributed by atoms with Gasteiger partial charge in [0.05, 0.1) is 12.2 Å². The number of amides is 1. The summed E-state index contributed by atoms with van der Waals surface area (Å²) < 4.78 is 1.50. The molecule has 7 nitrogen and oxygen atoms in total. The van der Waals surface area contributed by atoms with E-state index in [0.717, 1.165) is 0 Å². The van der Waals surface area contributed by atoms with Crippen molar-refractivity contribution >= 4 is 11.9 Å². The maximum absolute atomic E-state index is 11.5. The summed E-state index contributed by atoms with van der Waals surface area (Å²) in [6, 6.07) is 0. The molecule has 18 heavy (non-hydrogen) atoms. The Labute approximate surface area is 105 Å². The van der Waals surface area contributed by atoms with Crippen molar-refractivity contribution in [1.82, 2.24) is 19.9 Å². The number of carboxylic acids is 1. The average Bonchev–Trinajstić information content (AvgIpc) is 2.69. The fourth-order valence-electron chi connectivity index (χ4n) is 1.63. The maximum Gasteiger partial charge on any atom is 0.358 e. The van der Waals surface area contributed by atoms with Crippen molar-refractivity contribution in [3.8, 4) is 0 Å². The number of hydrogen-bond donors (Lipinski definition) is 1. The summed E-state index contributed by atoms with van der Waals surface area (Å²) in [5.41, 5.74) is 0.511. The van der Waals surface area contributed by atoms with E-state index in [4.69, 9.17) is 5.11 Å². The number of aryl methyl sites for hydroxylation is 1. The second kappa shape index (κ2) is 5.61. The van der Waals surface area contributed by atoms with E-state index in [9.17, 15) is 9.59 Å². The first kappa shape index (κ1) is 14.1. The standard InChI is InChI=1S/C11H18N4O3/c1-7(2)10-9(11(17)18)12-13-15(10)6-5-8(16)14(3)4/h7H,5-6H2,1-4H3,(H,17,18). The van der Waals surface area contributed by atoms with E-state index in [1.807, 2.05) is 13.8 Å². The molecule has 100 valence electrons. The zero-order chi connectivity index (χ0) is 13.9. The number of aromatic nitrogens is 3. The van der Waals surface area contributed by atoms with Crippen LogP contribution in [0.1, 0.15) is 42.4 Å². The molecule has 1 heterocycles. The molecule has 0 atom stereocenters. The molecule has 1 amide bonds. The van der Waals surface area contributed by atoms with Gasteiger partial charge in [-0.3, -0.25) is 4.79 Å². The molecule has 1 N–H and O–H groups in total. The monoisotopic (exact) mass is 254 g/mol. The first-order valence-corrected chi connectivity index (χ1v) is 5.71. The highest BCUT2D eigenvalue weighted by atomic mass is 16.4. The molecule has 7 heteroatoms. The van der Waals surface area contributed by atoms with E-state index in [2.05, 4.69) is 10.3 Å². The van der Waals surface area contributed by atoms with Crippen LogP contribution in [0.4, 0.5) is 0 Å². The van der Waals surface area contributed by atoms with Crippen LogP contribution in [0.3, 0.4) is 0 Å². The molecule has 0 saturated heterocycles. The van der Waals surface area contributed by atoms with Crippen LogP contribution in [0, 0.1) is 0 Å². The van der Waals surface area contributed by atoms with Gasteiger partial charge in [0, 0.05) is 20.5 Å². The van der Waals surface area contributed by atoms with Crippen LogP contribution in [0.2, 0.25) is 0 Å². The van der Waals surface area contributed by atoms with E-state index in [0.29, 0.717) is 12.2 Å². The van der Waals surface area contributed by atoms with Crippen molar-refractivity contribution in [2.24, 2.45) is 0 Å². The normalized spacial score (nSPS) is 10.7. The topological polar surface area (TPSA) is 88.3 Å². The van der Waals surface area contributed by atoms with Crippen LogP contribution in [0.15, 0.2) is 0 Å². The zero-order valence-electron chi connectivity index (χ0n) is 11.0. The van der Waals surface area contributed by atoms with Gasteiger partial charge in [-0.05, 0) is 5.92 Å². The molecule has 0 fully saturated rings. The number of carboxylic acid groups (broad SMARTS) is 1. The van der Waals surface area contributed by atoms with Crippen LogP contribution in [0.5, 0.6) is 0 Å². The van der Waals surface area contributed by atoms with Gasteiger partial charge in [-0.1, -0.05) is 19.1 Å². The van der Waals surface area contributed by atoms with Crippen molar-refractivity contribution in [3.63, 3.8) is 0 Å². The summed E-state index contributed by atoms with van der Waals surface area (Å²) in [5, 5.41) is 16.5. The van der Waals surface area contributed by atoms with Gasteiger partial charge in [0.15, 0.2) is 5.69 Å². The van der Waals surface area contributed by atoms with Crippen molar-refractivity contribution in [3.05, 3.63) is 11.4 Å². The molecule has 0 saturated carbocycles. The minimum absolute atomic E-state index is 0.0134. The Morgan fingerprint density at radius 1 is 1.39 bits per heavy atom. The quantitative estimate of drug-likeness (QED) is 0.830. The molecule has 0 aromatic carbocycles. The fourth-order valence-corrected chi connectivity index (χ4v) is 1.63. The fraction of sp³-hybridized carbons (Fsp3) is 0.636. The van der Waals surface area contributed by atoms with Crippen molar-refractivity contribution < 1.29 is 14.7 Å². The molecule has 0 aliphatic heterocycles. The van der Waals surface area contributed by atoms with Crippen molar-refractivity contribution in [1.29, 1.82) is 0 Å². The number of carbonyl (C=O) groups excluding carboxylic acids is 1. The largest absolute Gasteiger partial charge is 0.476 e. The van der Waals surface area contributed by atoms with E-state index in [1.54, 1.807) is 14.1 Å². The smallest absolute Gasteiger partial charge is 0.358 e. The van der Waals surface area contributed by atoms with E-state index in [1.165, 1.54) is 9.58 Å². The lowest BCUT2D eigenvalue weighted by Crippen LogP contribution is -2.23. The van der Waals surface area contributed by atoms with Gasteiger partial charge >= 0.3 is 5.97 Å². The summed E-state index contributed by atoms with van der Waals surface area (Å²) in [6.45, 7) is 4.08. The number of nitrogens with zero attached hydrogens (tertiary/aromatic N) is 4. The van der Waals surface area contributed by atoms with Gasteiger partial charge in [-0.15, -0.1) is 5.10 Å². The summed E-state index contributed by atoms with van der Waals surface area (Å²) in [6.07, 6.45) is 0.273. The lowest BCUT2D eigenvalue weighted by Gasteiger charge is -2.12. The third-order valence-electron chi connectivity index (χ3n) is 2.56. The number of aromatic carboxylic acids is 1. The summed E-state index contributed by atoms with van der Waals surface area (Å²) >= 11 is 0. The van der Waals surface area contributed by atoms with Crippen LogP contribution >= 0.6 is 0 Å². The van der Waals surface area contributed by atoms with E-state index in [-0.39, 0.29) is 23.9 Å². The SMILES string of the molecule is CC(C)c1c(C(=O)O)nnn1CCC(=O)N(C)C. The van der Waals surface area contributed by atoms with E-state index >= 15 is 0 Å². The van der Waals surface area contributed by atoms with E-state index < -0.39 is 5.97 Å². The Balaban J connectivity index is 2.90. The van der Waals surface area contributed by atoms with Crippen LogP contribution in [-0.4, -0.2) is 51.0 Å². The average molecular weight is 254 g/mol. The third kappa shape index (κ3) is 3.06. The van der Waals surface area contributed by atoms with Gasteiger partial charge in [-0.25, -0.2) is 9.48 Å². The van der Waals surface area contributed by atoms with Crippen molar-refractivity contribution in [2.45, 2.75) is 32.7 Å². The van der Waals surface area contributed by atoms with Gasteiger partial charge < -0.3 is 10.0 Å². The molecule has 0 aliphatic rings. The molecule has 0 spiro atoms. The Kier molecular flexibility index (Phi) is 4.41. The van der Waals surface area contributed by atoms with Gasteiger partial charge in [0.1, 0.15) is 0 Å². The van der Waals surface area contributed by atoms with Crippen LogP contribution < -0.4 is 0 Å². The number of rotatable bonds is 5. The lowest BCUT2D eigenvalue weighted by molar-refractivity contribution is -0.128. The van der Waals surface area contributed by atoms with Crippen molar-refractivity contribution in [2.75, 3.05) is 14.1 Å². The summed E-state index contributed by atoms with van der Waals surface area (Å²) in [4.78, 5) is 24.0. The molecule has 1 aromatic heterocycles. The predicted octanol–water partition coefficient (Wildman–Crippen LogP) is 0.578. The summed E-state index contributed by atoms with van der Waals surface area (Å²) in [5.74, 6) is -1.14. The molecular formula is C11H18N4O3. The molecular weight excluding hydrogens is 236 g/mol. The van der Waals surface area contributed by atoms with Crippen LogP contribution in [-0.2, 0) is 11.3 Å². The highest BCUT2D eigenvalue weighted by Crippen LogP contribution is 2.17. The van der Waals surface area contributed by atoms with Gasteiger partial charge in [-0.2, -0.15) is 0 Å². The number of carbonyl (C=O) groups is 2. The summed E-state index contributed by atoms with van der Waals surface area (Å²) in [7, 11) is 3.35. The Bertz CT molecular complexity index is 451. The molecule has 0 unspecified atom stereocenters. The zero-order valence-corrected chi connectivity index (χ0v) is 11.0. The van der Waals surface area contributed by atoms with Crippen LogP contribution in [0.25, 0.3) is 0 Å². The predicted molar refractivity (Wildman–Crippen MR) is 64.4 cm³/mol. The highest BCUT2D eigenvalue weighted by molar-refractivity contribution is 5.86. The molecule has 1 rings (SSSR count). The first-order valence-electron chi connectivity index (χ1n) is 5.71. The molecule has 0 bridgehead atoms. The highest BCUT2D eigenvalue weighted by Gasteiger charge is 2.21. The second-order valence-corrected chi connectivity index (χ2v) is 4.54. The first-order chi connectivity index (χ1) is 8.34. The lowest BCUT2D eigenvalue weighted by atomic mass is 10.1. The maximum atomic E-state index is 11.5. The Morgan fingerprint density at radius 2 is 2.00 bits per heavy atom. The molecule has 0 radical (unpaired) electrons. The minimum Gasteiger partial charge on any atom is -0.476 e.